The molecule has 0 saturated heterocycles. The van der Waals surface area contributed by atoms with Gasteiger partial charge in [0.05, 0.1) is 12.9 Å². The molecule has 9 heteroatoms. The largest absolute Gasteiger partial charge is 0.497 e. The van der Waals surface area contributed by atoms with E-state index in [0.717, 1.165) is 11.1 Å². The molecule has 3 aromatic rings. The minimum atomic E-state index is -0.101. The molecule has 1 aromatic heterocycles. The van der Waals surface area contributed by atoms with E-state index in [1.54, 1.807) is 13.2 Å². The second-order valence-corrected chi connectivity index (χ2v) is 7.17. The maximum atomic E-state index is 12.1. The number of hydrogen-bond acceptors (Lipinski definition) is 7. The van der Waals surface area contributed by atoms with Crippen molar-refractivity contribution in [3.8, 4) is 11.5 Å². The molecule has 0 unspecified atom stereocenters. The second-order valence-electron chi connectivity index (χ2n) is 6.23. The van der Waals surface area contributed by atoms with Crippen LogP contribution in [-0.4, -0.2) is 33.6 Å². The average Bonchev–Trinajstić information content (AvgIpc) is 3.09. The van der Waals surface area contributed by atoms with Crippen LogP contribution in [0, 0.1) is 6.92 Å². The lowest BCUT2D eigenvalue weighted by Gasteiger charge is -2.08. The van der Waals surface area contributed by atoms with Gasteiger partial charge in [0.1, 0.15) is 18.1 Å². The van der Waals surface area contributed by atoms with Gasteiger partial charge in [-0.15, -0.1) is 10.2 Å². The van der Waals surface area contributed by atoms with Crippen molar-refractivity contribution in [2.75, 3.05) is 18.7 Å². The fourth-order valence-electron chi connectivity index (χ4n) is 2.53. The molecule has 8 nitrogen and oxygen atoms in total. The molecule has 0 bridgehead atoms. The summed E-state index contributed by atoms with van der Waals surface area (Å²) in [5.74, 6) is 7.91. The molecule has 0 radical (unpaired) electrons. The molecule has 0 aliphatic rings. The smallest absolute Gasteiger partial charge is 0.230 e. The van der Waals surface area contributed by atoms with E-state index in [1.807, 2.05) is 49.4 Å². The zero-order valence-corrected chi connectivity index (χ0v) is 17.1. The van der Waals surface area contributed by atoms with E-state index < -0.39 is 0 Å². The number of amides is 1. The summed E-state index contributed by atoms with van der Waals surface area (Å²) in [4.78, 5) is 12.1. The van der Waals surface area contributed by atoms with Gasteiger partial charge in [-0.05, 0) is 30.2 Å². The SMILES string of the molecule is COc1cccc(OCc2nnc(SCC(=O)NCc3ccccc3C)n2N)c1. The highest BCUT2D eigenvalue weighted by atomic mass is 32.2. The van der Waals surface area contributed by atoms with E-state index in [-0.39, 0.29) is 18.3 Å². The first kappa shape index (κ1) is 20.5. The van der Waals surface area contributed by atoms with Crippen LogP contribution in [-0.2, 0) is 17.9 Å². The van der Waals surface area contributed by atoms with Crippen LogP contribution >= 0.6 is 11.8 Å². The van der Waals surface area contributed by atoms with Gasteiger partial charge in [-0.2, -0.15) is 0 Å². The first-order valence-corrected chi connectivity index (χ1v) is 9.95. The monoisotopic (exact) mass is 413 g/mol. The zero-order valence-electron chi connectivity index (χ0n) is 16.3. The van der Waals surface area contributed by atoms with E-state index in [4.69, 9.17) is 15.3 Å². The Bertz CT molecular complexity index is 976. The van der Waals surface area contributed by atoms with E-state index in [1.165, 1.54) is 16.4 Å². The minimum Gasteiger partial charge on any atom is -0.497 e. The van der Waals surface area contributed by atoms with Gasteiger partial charge in [0.15, 0.2) is 5.82 Å². The summed E-state index contributed by atoms with van der Waals surface area (Å²) in [6.45, 7) is 2.65. The highest BCUT2D eigenvalue weighted by molar-refractivity contribution is 7.99. The number of hydrogen-bond donors (Lipinski definition) is 2. The van der Waals surface area contributed by atoms with Crippen molar-refractivity contribution in [3.63, 3.8) is 0 Å². The maximum absolute atomic E-state index is 12.1. The number of nitrogens with one attached hydrogen (secondary N) is 1. The number of nitrogen functional groups attached to an aromatic ring is 1. The summed E-state index contributed by atoms with van der Waals surface area (Å²) >= 11 is 1.22. The van der Waals surface area contributed by atoms with Gasteiger partial charge in [0.2, 0.25) is 11.1 Å². The van der Waals surface area contributed by atoms with Crippen molar-refractivity contribution in [2.45, 2.75) is 25.2 Å². The molecule has 3 rings (SSSR count). The number of benzene rings is 2. The van der Waals surface area contributed by atoms with Crippen molar-refractivity contribution >= 4 is 17.7 Å². The molecule has 0 saturated carbocycles. The van der Waals surface area contributed by atoms with Gasteiger partial charge >= 0.3 is 0 Å². The fourth-order valence-corrected chi connectivity index (χ4v) is 3.23. The highest BCUT2D eigenvalue weighted by Crippen LogP contribution is 2.20. The number of nitrogens with zero attached hydrogens (tertiary/aromatic N) is 3. The third kappa shape index (κ3) is 5.64. The summed E-state index contributed by atoms with van der Waals surface area (Å²) in [7, 11) is 1.59. The van der Waals surface area contributed by atoms with Crippen molar-refractivity contribution in [1.29, 1.82) is 0 Å². The average molecular weight is 414 g/mol. The Morgan fingerprint density at radius 1 is 1.17 bits per heavy atom. The van der Waals surface area contributed by atoms with Gasteiger partial charge in [0, 0.05) is 12.6 Å². The number of carbonyl (C=O) groups is 1. The molecule has 29 heavy (non-hydrogen) atoms. The van der Waals surface area contributed by atoms with Gasteiger partial charge in [0.25, 0.3) is 0 Å². The summed E-state index contributed by atoms with van der Waals surface area (Å²) in [6, 6.07) is 15.2. The van der Waals surface area contributed by atoms with Crippen LogP contribution in [0.1, 0.15) is 17.0 Å². The van der Waals surface area contributed by atoms with Crippen LogP contribution in [0.3, 0.4) is 0 Å². The summed E-state index contributed by atoms with van der Waals surface area (Å²) < 4.78 is 12.2. The summed E-state index contributed by atoms with van der Waals surface area (Å²) in [5.41, 5.74) is 2.23. The molecule has 1 heterocycles. The summed E-state index contributed by atoms with van der Waals surface area (Å²) in [5, 5.41) is 11.4. The van der Waals surface area contributed by atoms with Crippen LogP contribution in [0.25, 0.3) is 0 Å². The molecular weight excluding hydrogens is 390 g/mol. The predicted octanol–water partition coefficient (Wildman–Crippen LogP) is 2.30. The number of ether oxygens (including phenoxy) is 2. The zero-order chi connectivity index (χ0) is 20.6. The third-order valence-corrected chi connectivity index (χ3v) is 5.16. The molecular formula is C20H23N5O3S. The normalized spacial score (nSPS) is 10.6. The van der Waals surface area contributed by atoms with Crippen LogP contribution in [0.2, 0.25) is 0 Å². The molecule has 0 spiro atoms. The molecule has 0 aliphatic heterocycles. The Labute approximate surface area is 173 Å². The lowest BCUT2D eigenvalue weighted by Crippen LogP contribution is -2.25. The molecule has 1 amide bonds. The van der Waals surface area contributed by atoms with Crippen LogP contribution in [0.5, 0.6) is 11.5 Å². The Morgan fingerprint density at radius 2 is 1.97 bits per heavy atom. The fraction of sp³-hybridized carbons (Fsp3) is 0.250. The molecule has 152 valence electrons. The van der Waals surface area contributed by atoms with E-state index in [2.05, 4.69) is 15.5 Å². The van der Waals surface area contributed by atoms with E-state index in [0.29, 0.717) is 29.0 Å². The summed E-state index contributed by atoms with van der Waals surface area (Å²) in [6.07, 6.45) is 0. The Kier molecular flexibility index (Phi) is 6.96. The first-order chi connectivity index (χ1) is 14.1. The first-order valence-electron chi connectivity index (χ1n) is 8.97. The van der Waals surface area contributed by atoms with E-state index in [9.17, 15) is 4.79 Å². The molecule has 0 aliphatic carbocycles. The van der Waals surface area contributed by atoms with Crippen molar-refractivity contribution in [3.05, 3.63) is 65.5 Å². The van der Waals surface area contributed by atoms with Gasteiger partial charge < -0.3 is 20.6 Å². The molecule has 3 N–H and O–H groups in total. The lowest BCUT2D eigenvalue weighted by atomic mass is 10.1. The standard InChI is InChI=1S/C20H23N5O3S/c1-14-6-3-4-7-15(14)11-22-19(26)13-29-20-24-23-18(25(20)21)12-28-17-9-5-8-16(10-17)27-2/h3-10H,11-13,21H2,1-2H3,(H,22,26). The lowest BCUT2D eigenvalue weighted by molar-refractivity contribution is -0.118. The van der Waals surface area contributed by atoms with Crippen LogP contribution in [0.15, 0.2) is 53.7 Å². The number of aromatic nitrogens is 3. The number of carbonyl (C=O) groups excluding carboxylic acids is 1. The van der Waals surface area contributed by atoms with Crippen LogP contribution < -0.4 is 20.6 Å². The number of nitrogens with two attached hydrogens (primary N) is 1. The van der Waals surface area contributed by atoms with Crippen LogP contribution in [0.4, 0.5) is 0 Å². The number of thioether (sulfide) groups is 1. The Balaban J connectivity index is 1.48. The number of methoxy groups -OCH3 is 1. The topological polar surface area (TPSA) is 104 Å². The maximum Gasteiger partial charge on any atom is 0.230 e. The van der Waals surface area contributed by atoms with E-state index >= 15 is 0 Å². The van der Waals surface area contributed by atoms with Crippen molar-refractivity contribution in [2.24, 2.45) is 0 Å². The molecule has 0 atom stereocenters. The van der Waals surface area contributed by atoms with Gasteiger partial charge in [-0.1, -0.05) is 42.1 Å². The Morgan fingerprint density at radius 3 is 2.76 bits per heavy atom. The van der Waals surface area contributed by atoms with Crippen molar-refractivity contribution in [1.82, 2.24) is 20.2 Å². The highest BCUT2D eigenvalue weighted by Gasteiger charge is 2.13. The van der Waals surface area contributed by atoms with Crippen molar-refractivity contribution < 1.29 is 14.3 Å². The second kappa shape index (κ2) is 9.83. The van der Waals surface area contributed by atoms with Gasteiger partial charge in [-0.25, -0.2) is 4.68 Å². The van der Waals surface area contributed by atoms with Gasteiger partial charge in [-0.3, -0.25) is 4.79 Å². The molecule has 0 fully saturated rings. The minimum absolute atomic E-state index is 0.101. The predicted molar refractivity (Wildman–Crippen MR) is 111 cm³/mol. The Hall–Kier alpha value is -3.20. The number of rotatable bonds is 9. The molecule has 2 aromatic carbocycles. The quantitative estimate of drug-likeness (QED) is 0.410. The third-order valence-electron chi connectivity index (χ3n) is 4.21. The number of aryl methyl sites for hydroxylation is 1.